The predicted octanol–water partition coefficient (Wildman–Crippen LogP) is 6.14. The van der Waals surface area contributed by atoms with Crippen molar-refractivity contribution < 1.29 is 28.5 Å². The molecule has 0 saturated carbocycles. The van der Waals surface area contributed by atoms with Crippen LogP contribution in [0.15, 0.2) is 65.5 Å². The average molecular weight is 1030 g/mol. The fourth-order valence-corrected chi connectivity index (χ4v) is 12.6. The van der Waals surface area contributed by atoms with Crippen molar-refractivity contribution in [3.63, 3.8) is 0 Å². The second-order valence-corrected chi connectivity index (χ2v) is 23.4. The Kier molecular flexibility index (Phi) is 13.4. The van der Waals surface area contributed by atoms with E-state index in [4.69, 9.17) is 9.72 Å². The van der Waals surface area contributed by atoms with Gasteiger partial charge < -0.3 is 34.6 Å². The number of rotatable bonds is 12. The predicted molar refractivity (Wildman–Crippen MR) is 274 cm³/mol. The molecular formula is C50H58BrN12O6P. The Morgan fingerprint density at radius 2 is 1.54 bits per heavy atom. The van der Waals surface area contributed by atoms with E-state index >= 15 is 0 Å². The number of halogens is 1. The normalized spacial score (nSPS) is 20.0. The zero-order valence-electron chi connectivity index (χ0n) is 39.9. The molecule has 20 heteroatoms. The van der Waals surface area contributed by atoms with E-state index in [1.165, 1.54) is 12.8 Å². The van der Waals surface area contributed by atoms with Gasteiger partial charge >= 0.3 is 0 Å². The molecule has 1 unspecified atom stereocenters. The number of carbonyl (C=O) groups excluding carboxylic acids is 4. The van der Waals surface area contributed by atoms with Gasteiger partial charge in [0, 0.05) is 94.3 Å². The molecule has 1 atom stereocenters. The number of piperazine rings is 1. The Labute approximate surface area is 415 Å². The molecule has 7 heterocycles. The molecule has 3 aromatic carbocycles. The SMILES string of the molecule is COc1cc(N2CCC(N3CCC(CN4CCN(c5ccc6c(c5)C(=O)N(C5CCC(=O)NC5=O)C6=O)CC4)CC3)CC2)c(C)cc1Nc1ncc(Br)c(Nc2ccc3nccnc3c2P(C)(C)=O)n1. The van der Waals surface area contributed by atoms with Crippen LogP contribution in [0, 0.1) is 12.8 Å². The third-order valence-electron chi connectivity index (χ3n) is 14.6. The van der Waals surface area contributed by atoms with Crippen molar-refractivity contribution in [3.8, 4) is 5.75 Å². The smallest absolute Gasteiger partial charge is 0.262 e. The summed E-state index contributed by atoms with van der Waals surface area (Å²) in [5.41, 5.74) is 6.47. The number of aryl methyl sites for hydroxylation is 1. The second kappa shape index (κ2) is 19.6. The van der Waals surface area contributed by atoms with Crippen LogP contribution < -0.4 is 35.8 Å². The molecule has 18 nitrogen and oxygen atoms in total. The monoisotopic (exact) mass is 1030 g/mol. The van der Waals surface area contributed by atoms with E-state index in [1.807, 2.05) is 18.2 Å². The topological polar surface area (TPSA) is 198 Å². The standard InChI is InChI=1S/C50H58BrN12O6P/c1-30-25-39(56-50-54-28-36(51)46(58-50)55-38-8-7-37-44(53-16-15-52-37)45(38)70(3,4)68)42(69-2)27-41(30)62-19-13-32(14-20-62)60-17-11-31(12-18-60)29-59-21-23-61(24-22-59)33-5-6-34-35(26-33)49(67)63(48(34)66)40-9-10-43(64)57-47(40)65/h5-8,15-16,25-28,31-32,40H,9-14,17-24,29H2,1-4H3,(H,57,64,65)(H2,54,55,56,58). The lowest BCUT2D eigenvalue weighted by atomic mass is 9.92. The number of aromatic nitrogens is 4. The zero-order valence-corrected chi connectivity index (χ0v) is 42.4. The van der Waals surface area contributed by atoms with Crippen molar-refractivity contribution in [2.45, 2.75) is 57.5 Å². The van der Waals surface area contributed by atoms with E-state index < -0.39 is 30.9 Å². The number of piperidine rings is 3. The van der Waals surface area contributed by atoms with Crippen molar-refractivity contribution in [1.29, 1.82) is 0 Å². The lowest BCUT2D eigenvalue weighted by molar-refractivity contribution is -0.136. The molecule has 0 bridgehead atoms. The van der Waals surface area contributed by atoms with Gasteiger partial charge in [-0.25, -0.2) is 4.98 Å². The lowest BCUT2D eigenvalue weighted by Gasteiger charge is -2.44. The maximum absolute atomic E-state index is 13.5. The van der Waals surface area contributed by atoms with Crippen LogP contribution in [0.2, 0.25) is 0 Å². The first kappa shape index (κ1) is 47.7. The number of hydrogen-bond donors (Lipinski definition) is 3. The molecule has 5 aromatic rings. The van der Waals surface area contributed by atoms with E-state index in [-0.39, 0.29) is 18.7 Å². The molecular weight excluding hydrogens is 976 g/mol. The number of ether oxygens (including phenoxy) is 1. The fraction of sp³-hybridized carbons (Fsp3) is 0.440. The summed E-state index contributed by atoms with van der Waals surface area (Å²) in [6, 6.07) is 12.9. The van der Waals surface area contributed by atoms with Gasteiger partial charge in [0.15, 0.2) is 0 Å². The van der Waals surface area contributed by atoms with Gasteiger partial charge in [-0.15, -0.1) is 0 Å². The van der Waals surface area contributed by atoms with Crippen LogP contribution >= 0.6 is 23.1 Å². The summed E-state index contributed by atoms with van der Waals surface area (Å²) in [4.78, 5) is 80.1. The van der Waals surface area contributed by atoms with Crippen molar-refractivity contribution >= 4 is 97.6 Å². The van der Waals surface area contributed by atoms with E-state index in [0.29, 0.717) is 67.1 Å². The summed E-state index contributed by atoms with van der Waals surface area (Å²) >= 11 is 3.59. The van der Waals surface area contributed by atoms with E-state index in [0.717, 1.165) is 99.3 Å². The fourth-order valence-electron chi connectivity index (χ4n) is 10.9. The van der Waals surface area contributed by atoms with Gasteiger partial charge in [-0.3, -0.25) is 44.3 Å². The molecule has 3 N–H and O–H groups in total. The van der Waals surface area contributed by atoms with Gasteiger partial charge in [0.2, 0.25) is 17.8 Å². The van der Waals surface area contributed by atoms with Gasteiger partial charge in [-0.1, -0.05) is 0 Å². The summed E-state index contributed by atoms with van der Waals surface area (Å²) in [6.07, 6.45) is 9.73. The third kappa shape index (κ3) is 9.60. The van der Waals surface area contributed by atoms with E-state index in [2.05, 4.69) is 85.5 Å². The molecule has 70 heavy (non-hydrogen) atoms. The van der Waals surface area contributed by atoms with Crippen molar-refractivity contribution in [2.75, 3.05) is 99.8 Å². The molecule has 4 fully saturated rings. The minimum atomic E-state index is -2.78. The largest absolute Gasteiger partial charge is 0.494 e. The summed E-state index contributed by atoms with van der Waals surface area (Å²) in [7, 11) is -1.10. The molecule has 0 radical (unpaired) electrons. The van der Waals surface area contributed by atoms with Gasteiger partial charge in [0.1, 0.15) is 30.3 Å². The van der Waals surface area contributed by atoms with Crippen LogP contribution in [0.1, 0.15) is 64.8 Å². The summed E-state index contributed by atoms with van der Waals surface area (Å²) in [6.45, 7) is 14.3. The first-order valence-electron chi connectivity index (χ1n) is 24.1. The van der Waals surface area contributed by atoms with Gasteiger partial charge in [-0.2, -0.15) is 4.98 Å². The zero-order chi connectivity index (χ0) is 48.8. The van der Waals surface area contributed by atoms with Crippen LogP contribution in [0.5, 0.6) is 5.75 Å². The highest BCUT2D eigenvalue weighted by atomic mass is 79.9. The number of likely N-dealkylation sites (tertiary alicyclic amines) is 1. The number of imide groups is 2. The number of nitrogens with zero attached hydrogens (tertiary/aromatic N) is 9. The molecule has 4 saturated heterocycles. The quantitative estimate of drug-likeness (QED) is 0.0951. The number of hydrogen-bond acceptors (Lipinski definition) is 16. The lowest BCUT2D eigenvalue weighted by Crippen LogP contribution is -2.54. The highest BCUT2D eigenvalue weighted by Crippen LogP contribution is 2.42. The number of methoxy groups -OCH3 is 1. The number of anilines is 6. The van der Waals surface area contributed by atoms with Crippen molar-refractivity contribution in [2.24, 2.45) is 5.92 Å². The molecule has 10 rings (SSSR count). The maximum Gasteiger partial charge on any atom is 0.262 e. The third-order valence-corrected chi connectivity index (χ3v) is 16.7. The van der Waals surface area contributed by atoms with E-state index in [9.17, 15) is 23.7 Å². The van der Waals surface area contributed by atoms with E-state index in [1.54, 1.807) is 51.2 Å². The Bertz CT molecular complexity index is 2930. The second-order valence-electron chi connectivity index (χ2n) is 19.4. The average Bonchev–Trinajstić information content (AvgIpc) is 3.60. The maximum atomic E-state index is 13.5. The summed E-state index contributed by atoms with van der Waals surface area (Å²) in [5, 5.41) is 9.63. The molecule has 5 aliphatic rings. The van der Waals surface area contributed by atoms with Gasteiger partial charge in [0.05, 0.1) is 44.9 Å². The number of fused-ring (bicyclic) bond motifs is 2. The number of amides is 4. The Balaban J connectivity index is 0.697. The van der Waals surface area contributed by atoms with Crippen molar-refractivity contribution in [1.82, 2.24) is 40.0 Å². The first-order chi connectivity index (χ1) is 33.7. The van der Waals surface area contributed by atoms with Gasteiger partial charge in [-0.05, 0) is 129 Å². The molecule has 2 aromatic heterocycles. The number of benzene rings is 3. The first-order valence-corrected chi connectivity index (χ1v) is 27.5. The summed E-state index contributed by atoms with van der Waals surface area (Å²) < 4.78 is 20.1. The number of carbonyl (C=O) groups is 4. The Morgan fingerprint density at radius 3 is 2.27 bits per heavy atom. The minimum absolute atomic E-state index is 0.0962. The van der Waals surface area contributed by atoms with Gasteiger partial charge in [0.25, 0.3) is 11.8 Å². The van der Waals surface area contributed by atoms with Crippen LogP contribution in [-0.2, 0) is 14.2 Å². The molecule has 4 amide bonds. The highest BCUT2D eigenvalue weighted by molar-refractivity contribution is 9.10. The minimum Gasteiger partial charge on any atom is -0.494 e. The molecule has 0 spiro atoms. The Hall–Kier alpha value is -6.01. The molecule has 366 valence electrons. The van der Waals surface area contributed by atoms with Crippen LogP contribution in [0.3, 0.4) is 0 Å². The highest BCUT2D eigenvalue weighted by Gasteiger charge is 2.45. The summed E-state index contributed by atoms with van der Waals surface area (Å²) in [5.74, 6) is 0.283. The van der Waals surface area contributed by atoms with Crippen molar-refractivity contribution in [3.05, 3.63) is 82.2 Å². The van der Waals surface area contributed by atoms with Crippen LogP contribution in [-0.4, -0.2) is 150 Å². The molecule has 0 aliphatic carbocycles. The Morgan fingerprint density at radius 1 is 0.800 bits per heavy atom. The molecule has 5 aliphatic heterocycles. The van der Waals surface area contributed by atoms with Crippen LogP contribution in [0.25, 0.3) is 11.0 Å². The number of nitrogens with one attached hydrogen (secondary N) is 3. The van der Waals surface area contributed by atoms with Crippen LogP contribution in [0.4, 0.5) is 34.5 Å².